The van der Waals surface area contributed by atoms with E-state index in [9.17, 15) is 19.6 Å². The summed E-state index contributed by atoms with van der Waals surface area (Å²) in [6.07, 6.45) is 11.5. The summed E-state index contributed by atoms with van der Waals surface area (Å²) in [5.41, 5.74) is 9.76. The molecule has 72 heavy (non-hydrogen) atoms. The maximum atomic E-state index is 17.0. The Morgan fingerprint density at radius 1 is 0.903 bits per heavy atom. The molecule has 7 fully saturated rings. The highest BCUT2D eigenvalue weighted by molar-refractivity contribution is 7.23. The number of likely N-dealkylation sites (tertiary alicyclic amines) is 1. The van der Waals surface area contributed by atoms with Gasteiger partial charge in [-0.3, -0.25) is 29.6 Å². The molecule has 3 aromatic heterocycles. The molecule has 9 heterocycles. The van der Waals surface area contributed by atoms with Crippen molar-refractivity contribution in [3.8, 4) is 23.3 Å². The van der Waals surface area contributed by atoms with Gasteiger partial charge in [-0.05, 0) is 118 Å². The number of carbonyl (C=O) groups excluding carboxylic acids is 3. The molecule has 5 aromatic rings. The van der Waals surface area contributed by atoms with Gasteiger partial charge in [0.05, 0.1) is 22.3 Å². The molecule has 0 radical (unpaired) electrons. The summed E-state index contributed by atoms with van der Waals surface area (Å²) in [7, 11) is 0. The number of nitriles is 1. The zero-order chi connectivity index (χ0) is 49.0. The third kappa shape index (κ3) is 8.09. The van der Waals surface area contributed by atoms with E-state index in [1.807, 2.05) is 18.2 Å². The second kappa shape index (κ2) is 17.6. The average Bonchev–Trinajstić information content (AvgIpc) is 3.76. The van der Waals surface area contributed by atoms with Crippen molar-refractivity contribution in [2.75, 3.05) is 87.6 Å². The number of piperazine rings is 2. The lowest BCUT2D eigenvalue weighted by atomic mass is 9.57. The number of halogens is 2. The Labute approximate surface area is 419 Å². The lowest BCUT2D eigenvalue weighted by Gasteiger charge is -2.54. The maximum absolute atomic E-state index is 17.0. The van der Waals surface area contributed by atoms with Crippen LogP contribution in [0, 0.1) is 39.7 Å². The van der Waals surface area contributed by atoms with Gasteiger partial charge in [0, 0.05) is 111 Å². The molecule has 2 aliphatic carbocycles. The Hall–Kier alpha value is -6.07. The molecule has 374 valence electrons. The Morgan fingerprint density at radius 3 is 2.40 bits per heavy atom. The number of imide groups is 1. The lowest BCUT2D eigenvalue weighted by Crippen LogP contribution is -2.53. The van der Waals surface area contributed by atoms with E-state index in [1.54, 1.807) is 11.1 Å². The third-order valence-electron chi connectivity index (χ3n) is 17.5. The number of nitrogens with two attached hydrogens (primary N) is 1. The molecule has 13 rings (SSSR count). The molecule has 2 saturated carbocycles. The summed E-state index contributed by atoms with van der Waals surface area (Å²) in [4.78, 5) is 63.2. The second-order valence-electron chi connectivity index (χ2n) is 22.2. The average molecular weight is 997 g/mol. The van der Waals surface area contributed by atoms with Crippen LogP contribution in [0.5, 0.6) is 6.01 Å². The highest BCUT2D eigenvalue weighted by atomic mass is 32.1. The van der Waals surface area contributed by atoms with Crippen LogP contribution in [0.15, 0.2) is 36.5 Å². The second-order valence-corrected chi connectivity index (χ2v) is 23.2. The molecule has 6 aliphatic heterocycles. The van der Waals surface area contributed by atoms with Crippen molar-refractivity contribution in [2.45, 2.75) is 88.9 Å². The zero-order valence-corrected chi connectivity index (χ0v) is 41.0. The van der Waals surface area contributed by atoms with Crippen molar-refractivity contribution >= 4 is 66.6 Å². The van der Waals surface area contributed by atoms with Gasteiger partial charge in [-0.15, -0.1) is 11.3 Å². The van der Waals surface area contributed by atoms with Crippen LogP contribution < -0.4 is 30.9 Å². The molecule has 3 atom stereocenters. The Balaban J connectivity index is 0.621. The Bertz CT molecular complexity index is 3090. The molecule has 19 heteroatoms. The standard InChI is InChI=1S/C53H58F2N12O4S/c54-39-6-5-36(46-42(39)37(22-56)47(57)72-46)44-43(55)45-38(23-58-44)48(66-26-32-1-2-33(27-66)59-32)62-51(61-45)71-29-53(9-10-53)28-64-13-11-52(12-14-64)20-30(21-52)24-63-15-17-65(18-16-63)34-3-4-35-31(19-34)25-67(50(35)70)40-7-8-41(68)60-49(40)69/h3-6,19,23,30,32-33,40,59H,1-2,7-18,20-21,24-29,57H2,(H,60,68,69)/t32?,33?,40-/m0/s1. The first-order valence-corrected chi connectivity index (χ1v) is 26.6. The largest absolute Gasteiger partial charge is 0.463 e. The Morgan fingerprint density at radius 2 is 1.67 bits per heavy atom. The fourth-order valence-electron chi connectivity index (χ4n) is 13.4. The lowest BCUT2D eigenvalue weighted by molar-refractivity contribution is -0.136. The number of hydrogen-bond acceptors (Lipinski definition) is 15. The summed E-state index contributed by atoms with van der Waals surface area (Å²) >= 11 is 1.05. The van der Waals surface area contributed by atoms with Crippen molar-refractivity contribution in [3.05, 3.63) is 64.9 Å². The van der Waals surface area contributed by atoms with E-state index in [0.717, 1.165) is 120 Å². The fourth-order valence-corrected chi connectivity index (χ4v) is 14.4. The SMILES string of the molecule is N#Cc1c(N)sc2c(-c3ncc4c(N5CC6CCC(C5)N6)nc(OCC5(CN6CCC7(CC6)CC(CN6CCN(c8ccc9c(c8)CN([C@H]8CCC(=O)NC8=O)C9=O)CC6)C7)CC5)nc4c3F)ccc(F)c12. The van der Waals surface area contributed by atoms with Gasteiger partial charge in [0.25, 0.3) is 5.91 Å². The maximum Gasteiger partial charge on any atom is 0.319 e. The van der Waals surface area contributed by atoms with E-state index in [4.69, 9.17) is 20.4 Å². The van der Waals surface area contributed by atoms with Gasteiger partial charge < -0.3 is 35.4 Å². The van der Waals surface area contributed by atoms with Gasteiger partial charge in [0.1, 0.15) is 40.0 Å². The molecule has 16 nitrogen and oxygen atoms in total. The number of anilines is 3. The van der Waals surface area contributed by atoms with Gasteiger partial charge >= 0.3 is 6.01 Å². The molecule has 2 bridgehead atoms. The quantitative estimate of drug-likeness (QED) is 0.135. The first kappa shape index (κ1) is 45.8. The van der Waals surface area contributed by atoms with Gasteiger partial charge in [0.15, 0.2) is 5.82 Å². The number of benzene rings is 2. The van der Waals surface area contributed by atoms with Crippen LogP contribution in [0.25, 0.3) is 32.2 Å². The van der Waals surface area contributed by atoms with Crippen LogP contribution in [0.3, 0.4) is 0 Å². The summed E-state index contributed by atoms with van der Waals surface area (Å²) in [6.45, 7) is 10.4. The van der Waals surface area contributed by atoms with Crippen molar-refractivity contribution in [3.63, 3.8) is 0 Å². The molecule has 4 N–H and O–H groups in total. The molecule has 2 unspecified atom stereocenters. The van der Waals surface area contributed by atoms with E-state index in [2.05, 4.69) is 41.3 Å². The number of fused-ring (bicyclic) bond motifs is 5. The first-order chi connectivity index (χ1) is 34.9. The summed E-state index contributed by atoms with van der Waals surface area (Å²) in [6, 6.07) is 10.9. The van der Waals surface area contributed by atoms with Crippen LogP contribution in [0.4, 0.5) is 25.3 Å². The molecule has 8 aliphatic rings. The van der Waals surface area contributed by atoms with Crippen molar-refractivity contribution in [2.24, 2.45) is 16.7 Å². The van der Waals surface area contributed by atoms with Gasteiger partial charge in [0.2, 0.25) is 11.8 Å². The highest BCUT2D eigenvalue weighted by Gasteiger charge is 2.50. The van der Waals surface area contributed by atoms with Gasteiger partial charge in [-0.2, -0.15) is 15.2 Å². The number of carbonyl (C=O) groups is 3. The van der Waals surface area contributed by atoms with Crippen molar-refractivity contribution in [1.82, 2.24) is 40.3 Å². The number of pyridine rings is 1. The number of hydrogen-bond donors (Lipinski definition) is 3. The molecule has 5 saturated heterocycles. The summed E-state index contributed by atoms with van der Waals surface area (Å²) < 4.78 is 39.0. The Kier molecular flexibility index (Phi) is 11.2. The smallest absolute Gasteiger partial charge is 0.319 e. The fraction of sp³-hybridized carbons (Fsp3) is 0.528. The minimum Gasteiger partial charge on any atom is -0.463 e. The minimum atomic E-state index is -0.656. The molecule has 1 spiro atoms. The zero-order valence-electron chi connectivity index (χ0n) is 40.2. The summed E-state index contributed by atoms with van der Waals surface area (Å²) in [5, 5.41) is 16.5. The molecule has 3 amide bonds. The molecule has 2 aromatic carbocycles. The number of rotatable bonds is 11. The number of piperidine rings is 2. The third-order valence-corrected chi connectivity index (χ3v) is 18.5. The predicted molar refractivity (Wildman–Crippen MR) is 268 cm³/mol. The van der Waals surface area contributed by atoms with E-state index >= 15 is 8.78 Å². The van der Waals surface area contributed by atoms with E-state index in [0.29, 0.717) is 64.1 Å². The highest BCUT2D eigenvalue weighted by Crippen LogP contribution is 2.54. The number of nitrogens with one attached hydrogen (secondary N) is 2. The van der Waals surface area contributed by atoms with Crippen LogP contribution in [0.2, 0.25) is 0 Å². The van der Waals surface area contributed by atoms with Gasteiger partial charge in [-0.25, -0.2) is 8.78 Å². The first-order valence-electron chi connectivity index (χ1n) is 25.8. The number of ether oxygens (including phenoxy) is 1. The van der Waals surface area contributed by atoms with Gasteiger partial charge in [-0.1, -0.05) is 0 Å². The van der Waals surface area contributed by atoms with E-state index < -0.39 is 17.7 Å². The van der Waals surface area contributed by atoms with Crippen LogP contribution in [-0.4, -0.2) is 138 Å². The number of nitrogen functional groups attached to an aromatic ring is 1. The molecular weight excluding hydrogens is 939 g/mol. The van der Waals surface area contributed by atoms with E-state index in [1.165, 1.54) is 37.8 Å². The topological polar surface area (TPSA) is 189 Å². The van der Waals surface area contributed by atoms with Crippen LogP contribution >= 0.6 is 11.3 Å². The summed E-state index contributed by atoms with van der Waals surface area (Å²) in [5.74, 6) is -0.729. The van der Waals surface area contributed by atoms with Crippen LogP contribution in [0.1, 0.15) is 85.7 Å². The van der Waals surface area contributed by atoms with Crippen LogP contribution in [-0.2, 0) is 16.1 Å². The normalized spacial score (nSPS) is 25.0. The van der Waals surface area contributed by atoms with E-state index in [-0.39, 0.29) is 62.7 Å². The number of amides is 3. The number of nitrogens with zero attached hydrogens (tertiary/aromatic N) is 9. The van der Waals surface area contributed by atoms with Crippen molar-refractivity contribution in [1.29, 1.82) is 5.26 Å². The predicted octanol–water partition coefficient (Wildman–Crippen LogP) is 5.81. The monoisotopic (exact) mass is 996 g/mol. The number of aromatic nitrogens is 3. The number of thiophene rings is 1. The minimum absolute atomic E-state index is 0.00356. The molecular formula is C53H58F2N12O4S. The van der Waals surface area contributed by atoms with Crippen molar-refractivity contribution < 1.29 is 27.9 Å².